The number of nitrogens with one attached hydrogen (secondary N) is 2. The van der Waals surface area contributed by atoms with E-state index in [2.05, 4.69) is 20.6 Å². The molecule has 31 heavy (non-hydrogen) atoms. The first-order valence-electron chi connectivity index (χ1n) is 9.65. The third kappa shape index (κ3) is 6.33. The fourth-order valence-corrected chi connectivity index (χ4v) is 2.82. The zero-order valence-electron chi connectivity index (χ0n) is 17.7. The molecule has 1 heterocycles. The summed E-state index contributed by atoms with van der Waals surface area (Å²) in [6.45, 7) is 1.09. The molecule has 0 fully saturated rings. The van der Waals surface area contributed by atoms with Gasteiger partial charge in [-0.25, -0.2) is 9.37 Å². The Bertz CT molecular complexity index is 1030. The molecule has 2 aromatic carbocycles. The van der Waals surface area contributed by atoms with E-state index in [1.165, 1.54) is 12.1 Å². The normalized spacial score (nSPS) is 11.0. The lowest BCUT2D eigenvalue weighted by molar-refractivity contribution is 0.354. The standard InChI is InChI=1S/C23H25FN4O3/c1-25-23(27-14-16-4-9-20(29-2)21(12-16)30-3)28-15-17-10-11-26-22(13-17)31-19-7-5-18(24)6-8-19/h4-13H,14-15H2,1-3H3,(H2,25,27,28). The summed E-state index contributed by atoms with van der Waals surface area (Å²) in [6, 6.07) is 15.2. The van der Waals surface area contributed by atoms with Crippen LogP contribution in [0.15, 0.2) is 65.8 Å². The topological polar surface area (TPSA) is 77.0 Å². The fraction of sp³-hybridized carbons (Fsp3) is 0.217. The molecule has 0 saturated heterocycles. The minimum Gasteiger partial charge on any atom is -0.493 e. The SMILES string of the molecule is CN=C(NCc1ccnc(Oc2ccc(F)cc2)c1)NCc1ccc(OC)c(OC)c1. The Labute approximate surface area is 180 Å². The van der Waals surface area contributed by atoms with Crippen LogP contribution in [0, 0.1) is 5.82 Å². The second-order valence-corrected chi connectivity index (χ2v) is 6.53. The molecule has 1 aromatic heterocycles. The maximum Gasteiger partial charge on any atom is 0.219 e. The van der Waals surface area contributed by atoms with Crippen molar-refractivity contribution >= 4 is 5.96 Å². The summed E-state index contributed by atoms with van der Waals surface area (Å²) in [6.07, 6.45) is 1.66. The Morgan fingerprint density at radius 1 is 0.903 bits per heavy atom. The van der Waals surface area contributed by atoms with E-state index in [0.29, 0.717) is 42.2 Å². The highest BCUT2D eigenvalue weighted by molar-refractivity contribution is 5.79. The van der Waals surface area contributed by atoms with E-state index in [0.717, 1.165) is 11.1 Å². The van der Waals surface area contributed by atoms with E-state index in [9.17, 15) is 4.39 Å². The summed E-state index contributed by atoms with van der Waals surface area (Å²) < 4.78 is 29.3. The zero-order valence-corrected chi connectivity index (χ0v) is 17.7. The fourth-order valence-electron chi connectivity index (χ4n) is 2.82. The molecule has 0 aliphatic carbocycles. The number of methoxy groups -OCH3 is 2. The van der Waals surface area contributed by atoms with E-state index in [-0.39, 0.29) is 5.82 Å². The van der Waals surface area contributed by atoms with Crippen LogP contribution in [0.25, 0.3) is 0 Å². The molecular formula is C23H25FN4O3. The van der Waals surface area contributed by atoms with Crippen LogP contribution < -0.4 is 24.8 Å². The molecule has 0 amide bonds. The number of rotatable bonds is 8. The first-order valence-corrected chi connectivity index (χ1v) is 9.65. The molecular weight excluding hydrogens is 399 g/mol. The lowest BCUT2D eigenvalue weighted by Gasteiger charge is -2.14. The van der Waals surface area contributed by atoms with Crippen molar-refractivity contribution in [3.63, 3.8) is 0 Å². The number of guanidine groups is 1. The summed E-state index contributed by atoms with van der Waals surface area (Å²) in [4.78, 5) is 8.45. The van der Waals surface area contributed by atoms with E-state index >= 15 is 0 Å². The van der Waals surface area contributed by atoms with Crippen molar-refractivity contribution in [2.75, 3.05) is 21.3 Å². The molecule has 3 aromatic rings. The molecule has 0 unspecified atom stereocenters. The Kier molecular flexibility index (Phi) is 7.64. The van der Waals surface area contributed by atoms with Crippen LogP contribution >= 0.6 is 0 Å². The van der Waals surface area contributed by atoms with Crippen molar-refractivity contribution in [1.29, 1.82) is 0 Å². The summed E-state index contributed by atoms with van der Waals surface area (Å²) in [5, 5.41) is 6.52. The van der Waals surface area contributed by atoms with Gasteiger partial charge in [-0.15, -0.1) is 0 Å². The van der Waals surface area contributed by atoms with Gasteiger partial charge in [0.2, 0.25) is 5.88 Å². The molecule has 0 bridgehead atoms. The van der Waals surface area contributed by atoms with Crippen LogP contribution in [-0.4, -0.2) is 32.2 Å². The van der Waals surface area contributed by atoms with Gasteiger partial charge in [-0.05, 0) is 53.6 Å². The van der Waals surface area contributed by atoms with E-state index < -0.39 is 0 Å². The Hall–Kier alpha value is -3.81. The molecule has 0 saturated carbocycles. The van der Waals surface area contributed by atoms with Gasteiger partial charge in [-0.3, -0.25) is 4.99 Å². The van der Waals surface area contributed by atoms with Gasteiger partial charge in [-0.1, -0.05) is 6.07 Å². The van der Waals surface area contributed by atoms with Crippen molar-refractivity contribution in [3.8, 4) is 23.1 Å². The summed E-state index contributed by atoms with van der Waals surface area (Å²) >= 11 is 0. The highest BCUT2D eigenvalue weighted by Crippen LogP contribution is 2.27. The van der Waals surface area contributed by atoms with Gasteiger partial charge in [-0.2, -0.15) is 0 Å². The van der Waals surface area contributed by atoms with Gasteiger partial charge in [0.25, 0.3) is 0 Å². The van der Waals surface area contributed by atoms with Crippen molar-refractivity contribution in [3.05, 3.63) is 77.7 Å². The van der Waals surface area contributed by atoms with Crippen LogP contribution in [0.2, 0.25) is 0 Å². The zero-order chi connectivity index (χ0) is 22.1. The molecule has 3 rings (SSSR count). The molecule has 7 nitrogen and oxygen atoms in total. The average molecular weight is 424 g/mol. The number of ether oxygens (including phenoxy) is 3. The maximum atomic E-state index is 13.0. The third-order valence-corrected chi connectivity index (χ3v) is 4.43. The molecule has 0 aliphatic heterocycles. The largest absolute Gasteiger partial charge is 0.493 e. The third-order valence-electron chi connectivity index (χ3n) is 4.43. The van der Waals surface area contributed by atoms with Gasteiger partial charge in [0.1, 0.15) is 11.6 Å². The Morgan fingerprint density at radius 2 is 1.58 bits per heavy atom. The minimum absolute atomic E-state index is 0.315. The highest BCUT2D eigenvalue weighted by Gasteiger charge is 2.06. The molecule has 0 aliphatic rings. The summed E-state index contributed by atoms with van der Waals surface area (Å²) in [5.41, 5.74) is 1.99. The summed E-state index contributed by atoms with van der Waals surface area (Å²) in [7, 11) is 4.93. The summed E-state index contributed by atoms with van der Waals surface area (Å²) in [5.74, 6) is 2.64. The lowest BCUT2D eigenvalue weighted by atomic mass is 10.2. The van der Waals surface area contributed by atoms with Crippen LogP contribution in [0.5, 0.6) is 23.1 Å². The number of aromatic nitrogens is 1. The quantitative estimate of drug-likeness (QED) is 0.422. The van der Waals surface area contributed by atoms with Crippen molar-refractivity contribution in [2.24, 2.45) is 4.99 Å². The Balaban J connectivity index is 1.55. The van der Waals surface area contributed by atoms with E-state index in [4.69, 9.17) is 14.2 Å². The monoisotopic (exact) mass is 424 g/mol. The van der Waals surface area contributed by atoms with E-state index in [1.807, 2.05) is 30.3 Å². The number of hydrogen-bond acceptors (Lipinski definition) is 5. The van der Waals surface area contributed by atoms with E-state index in [1.54, 1.807) is 39.6 Å². The average Bonchev–Trinajstić information content (AvgIpc) is 2.80. The number of pyridine rings is 1. The molecule has 2 N–H and O–H groups in total. The van der Waals surface area contributed by atoms with Gasteiger partial charge >= 0.3 is 0 Å². The van der Waals surface area contributed by atoms with Crippen LogP contribution in [-0.2, 0) is 13.1 Å². The number of aliphatic imine (C=N–C) groups is 1. The van der Waals surface area contributed by atoms with Gasteiger partial charge in [0, 0.05) is 32.4 Å². The first-order chi connectivity index (χ1) is 15.1. The Morgan fingerprint density at radius 3 is 2.23 bits per heavy atom. The van der Waals surface area contributed by atoms with Crippen LogP contribution in [0.3, 0.4) is 0 Å². The number of halogens is 1. The van der Waals surface area contributed by atoms with Gasteiger partial charge in [0.05, 0.1) is 14.2 Å². The number of hydrogen-bond donors (Lipinski definition) is 2. The second-order valence-electron chi connectivity index (χ2n) is 6.53. The lowest BCUT2D eigenvalue weighted by Crippen LogP contribution is -2.36. The predicted octanol–water partition coefficient (Wildman–Crippen LogP) is 3.90. The second kappa shape index (κ2) is 10.8. The minimum atomic E-state index is -0.315. The number of nitrogens with zero attached hydrogens (tertiary/aromatic N) is 2. The molecule has 0 spiro atoms. The van der Waals surface area contributed by atoms with Crippen LogP contribution in [0.1, 0.15) is 11.1 Å². The predicted molar refractivity (Wildman–Crippen MR) is 117 cm³/mol. The highest BCUT2D eigenvalue weighted by atomic mass is 19.1. The van der Waals surface area contributed by atoms with Crippen molar-refractivity contribution in [2.45, 2.75) is 13.1 Å². The van der Waals surface area contributed by atoms with Crippen LogP contribution in [0.4, 0.5) is 4.39 Å². The van der Waals surface area contributed by atoms with Crippen molar-refractivity contribution in [1.82, 2.24) is 15.6 Å². The van der Waals surface area contributed by atoms with Crippen molar-refractivity contribution < 1.29 is 18.6 Å². The molecule has 8 heteroatoms. The first kappa shape index (κ1) is 21.9. The van der Waals surface area contributed by atoms with Gasteiger partial charge in [0.15, 0.2) is 17.5 Å². The molecule has 0 atom stereocenters. The smallest absolute Gasteiger partial charge is 0.219 e. The number of benzene rings is 2. The maximum absolute atomic E-state index is 13.0. The molecule has 162 valence electrons. The van der Waals surface area contributed by atoms with Gasteiger partial charge < -0.3 is 24.8 Å². The molecule has 0 radical (unpaired) electrons.